The molecule has 0 unspecified atom stereocenters. The van der Waals surface area contributed by atoms with Crippen LogP contribution >= 0.6 is 24.8 Å². The molecule has 6 nitrogen and oxygen atoms in total. The first-order valence-electron chi connectivity index (χ1n) is 7.39. The number of anilines is 2. The Morgan fingerprint density at radius 3 is 2.21 bits per heavy atom. The third-order valence-electron chi connectivity index (χ3n) is 3.97. The third kappa shape index (κ3) is 3.49. The molecule has 0 N–H and O–H groups in total. The number of benzene rings is 1. The zero-order valence-electron chi connectivity index (χ0n) is 12.9. The summed E-state index contributed by atoms with van der Waals surface area (Å²) in [6.07, 6.45) is 5.38. The second kappa shape index (κ2) is 8.08. The minimum Gasteiger partial charge on any atom is -0.351 e. The summed E-state index contributed by atoms with van der Waals surface area (Å²) < 4.78 is 0. The van der Waals surface area contributed by atoms with Crippen molar-refractivity contribution in [2.75, 3.05) is 36.0 Å². The smallest absolute Gasteiger partial charge is 0.225 e. The Balaban J connectivity index is 0.00000104. The van der Waals surface area contributed by atoms with Crippen LogP contribution in [0.4, 0.5) is 11.8 Å². The number of rotatable bonds is 2. The maximum Gasteiger partial charge on any atom is 0.225 e. The highest BCUT2D eigenvalue weighted by atomic mass is 35.5. The molecular formula is C16H18Cl2N6. The van der Waals surface area contributed by atoms with Crippen LogP contribution in [0, 0.1) is 0 Å². The summed E-state index contributed by atoms with van der Waals surface area (Å²) in [6.45, 7) is 3.55. The van der Waals surface area contributed by atoms with Gasteiger partial charge in [0, 0.05) is 49.3 Å². The predicted molar refractivity (Wildman–Crippen MR) is 100 cm³/mol. The van der Waals surface area contributed by atoms with E-state index < -0.39 is 0 Å². The molecule has 0 aliphatic carbocycles. The summed E-state index contributed by atoms with van der Waals surface area (Å²) in [5.74, 6) is 1.76. The van der Waals surface area contributed by atoms with Gasteiger partial charge in [-0.1, -0.05) is 24.3 Å². The molecule has 3 heterocycles. The molecule has 1 aliphatic rings. The van der Waals surface area contributed by atoms with E-state index in [-0.39, 0.29) is 24.8 Å². The summed E-state index contributed by atoms with van der Waals surface area (Å²) in [5, 5.41) is 10.8. The quantitative estimate of drug-likeness (QED) is 0.696. The molecule has 0 spiro atoms. The minimum atomic E-state index is 0. The number of nitrogens with zero attached hydrogens (tertiary/aromatic N) is 6. The largest absolute Gasteiger partial charge is 0.351 e. The van der Waals surface area contributed by atoms with E-state index in [9.17, 15) is 0 Å². The maximum absolute atomic E-state index is 4.35. The third-order valence-corrected chi connectivity index (χ3v) is 3.97. The van der Waals surface area contributed by atoms with Crippen LogP contribution in [0.15, 0.2) is 48.9 Å². The molecule has 126 valence electrons. The molecule has 0 saturated carbocycles. The lowest BCUT2D eigenvalue weighted by molar-refractivity contribution is 0.633. The molecular weight excluding hydrogens is 347 g/mol. The lowest BCUT2D eigenvalue weighted by atomic mass is 10.2. The standard InChI is InChI=1S/C16H16N6.2ClH/c1-2-5-14-13(4-1)12-19-20-15(14)21-8-10-22(11-9-21)16-17-6-3-7-18-16;;/h1-7,12H,8-11H2;2*1H. The van der Waals surface area contributed by atoms with Crippen LogP contribution in [-0.4, -0.2) is 46.3 Å². The Hall–Kier alpha value is -2.18. The van der Waals surface area contributed by atoms with Gasteiger partial charge in [0.05, 0.1) is 6.20 Å². The van der Waals surface area contributed by atoms with Gasteiger partial charge >= 0.3 is 0 Å². The molecule has 24 heavy (non-hydrogen) atoms. The van der Waals surface area contributed by atoms with Crippen molar-refractivity contribution in [3.63, 3.8) is 0 Å². The number of hydrogen-bond acceptors (Lipinski definition) is 6. The molecule has 0 amide bonds. The Morgan fingerprint density at radius 1 is 0.792 bits per heavy atom. The summed E-state index contributed by atoms with van der Waals surface area (Å²) in [4.78, 5) is 13.1. The normalized spacial score (nSPS) is 14.0. The SMILES string of the molecule is Cl.Cl.c1cnc(N2CCN(c3nncc4ccccc34)CC2)nc1. The highest BCUT2D eigenvalue weighted by Gasteiger charge is 2.21. The van der Waals surface area contributed by atoms with Crippen molar-refractivity contribution >= 4 is 47.4 Å². The van der Waals surface area contributed by atoms with Crippen molar-refractivity contribution in [1.82, 2.24) is 20.2 Å². The average molecular weight is 365 g/mol. The molecule has 8 heteroatoms. The first-order chi connectivity index (χ1) is 10.9. The number of fused-ring (bicyclic) bond motifs is 1. The fraction of sp³-hybridized carbons (Fsp3) is 0.250. The number of aromatic nitrogens is 4. The van der Waals surface area contributed by atoms with Gasteiger partial charge in [0.2, 0.25) is 5.95 Å². The van der Waals surface area contributed by atoms with Crippen LogP contribution in [0.2, 0.25) is 0 Å². The molecule has 2 aromatic heterocycles. The van der Waals surface area contributed by atoms with E-state index in [0.29, 0.717) is 0 Å². The molecule has 1 fully saturated rings. The average Bonchev–Trinajstić information content (AvgIpc) is 2.62. The highest BCUT2D eigenvalue weighted by Crippen LogP contribution is 2.24. The van der Waals surface area contributed by atoms with Crippen molar-refractivity contribution in [2.24, 2.45) is 0 Å². The van der Waals surface area contributed by atoms with Crippen LogP contribution in [0.25, 0.3) is 10.8 Å². The zero-order chi connectivity index (χ0) is 14.8. The topological polar surface area (TPSA) is 58.0 Å². The van der Waals surface area contributed by atoms with Crippen molar-refractivity contribution in [3.05, 3.63) is 48.9 Å². The summed E-state index contributed by atoms with van der Waals surface area (Å²) in [5.41, 5.74) is 0. The molecule has 0 radical (unpaired) electrons. The van der Waals surface area contributed by atoms with E-state index in [4.69, 9.17) is 0 Å². The van der Waals surface area contributed by atoms with Crippen LogP contribution in [0.5, 0.6) is 0 Å². The van der Waals surface area contributed by atoms with E-state index in [0.717, 1.165) is 48.7 Å². The van der Waals surface area contributed by atoms with Crippen LogP contribution in [0.1, 0.15) is 0 Å². The van der Waals surface area contributed by atoms with Gasteiger partial charge in [0.1, 0.15) is 0 Å². The number of piperazine rings is 1. The summed E-state index contributed by atoms with van der Waals surface area (Å²) >= 11 is 0. The summed E-state index contributed by atoms with van der Waals surface area (Å²) in [6, 6.07) is 10.1. The fourth-order valence-corrected chi connectivity index (χ4v) is 2.82. The van der Waals surface area contributed by atoms with Gasteiger partial charge in [-0.05, 0) is 6.07 Å². The molecule has 3 aromatic rings. The van der Waals surface area contributed by atoms with Gasteiger partial charge in [-0.15, -0.1) is 29.9 Å². The first kappa shape index (κ1) is 18.2. The van der Waals surface area contributed by atoms with E-state index in [2.05, 4.69) is 42.1 Å². The van der Waals surface area contributed by atoms with E-state index in [1.165, 1.54) is 0 Å². The Morgan fingerprint density at radius 2 is 1.46 bits per heavy atom. The highest BCUT2D eigenvalue weighted by molar-refractivity contribution is 5.91. The van der Waals surface area contributed by atoms with Gasteiger partial charge in [-0.3, -0.25) is 0 Å². The first-order valence-corrected chi connectivity index (χ1v) is 7.39. The van der Waals surface area contributed by atoms with E-state index in [1.54, 1.807) is 12.4 Å². The minimum absolute atomic E-state index is 0. The van der Waals surface area contributed by atoms with Gasteiger partial charge < -0.3 is 9.80 Å². The van der Waals surface area contributed by atoms with Gasteiger partial charge in [-0.25, -0.2) is 9.97 Å². The maximum atomic E-state index is 4.35. The molecule has 1 aliphatic heterocycles. The van der Waals surface area contributed by atoms with Gasteiger partial charge in [-0.2, -0.15) is 5.10 Å². The van der Waals surface area contributed by atoms with Crippen molar-refractivity contribution in [3.8, 4) is 0 Å². The molecule has 4 rings (SSSR count). The van der Waals surface area contributed by atoms with Crippen LogP contribution < -0.4 is 9.80 Å². The molecule has 1 saturated heterocycles. The number of hydrogen-bond donors (Lipinski definition) is 0. The molecule has 1 aromatic carbocycles. The van der Waals surface area contributed by atoms with Gasteiger partial charge in [0.25, 0.3) is 0 Å². The predicted octanol–water partition coefficient (Wildman–Crippen LogP) is 2.59. The van der Waals surface area contributed by atoms with Crippen LogP contribution in [0.3, 0.4) is 0 Å². The number of halogens is 2. The van der Waals surface area contributed by atoms with Crippen LogP contribution in [-0.2, 0) is 0 Å². The van der Waals surface area contributed by atoms with E-state index >= 15 is 0 Å². The summed E-state index contributed by atoms with van der Waals surface area (Å²) in [7, 11) is 0. The zero-order valence-corrected chi connectivity index (χ0v) is 14.6. The lowest BCUT2D eigenvalue weighted by Crippen LogP contribution is -2.47. The Bertz CT molecular complexity index is 772. The Labute approximate surface area is 152 Å². The lowest BCUT2D eigenvalue weighted by Gasteiger charge is -2.35. The molecule has 0 bridgehead atoms. The van der Waals surface area contributed by atoms with Gasteiger partial charge in [0.15, 0.2) is 5.82 Å². The van der Waals surface area contributed by atoms with Crippen molar-refractivity contribution < 1.29 is 0 Å². The molecule has 0 atom stereocenters. The fourth-order valence-electron chi connectivity index (χ4n) is 2.82. The monoisotopic (exact) mass is 364 g/mol. The second-order valence-electron chi connectivity index (χ2n) is 5.28. The van der Waals surface area contributed by atoms with Crippen molar-refractivity contribution in [2.45, 2.75) is 0 Å². The Kier molecular flexibility index (Phi) is 6.11. The second-order valence-corrected chi connectivity index (χ2v) is 5.28. The van der Waals surface area contributed by atoms with Crippen molar-refractivity contribution in [1.29, 1.82) is 0 Å². The van der Waals surface area contributed by atoms with E-state index in [1.807, 2.05) is 24.4 Å².